The molecule has 3 nitrogen and oxygen atoms in total. The summed E-state index contributed by atoms with van der Waals surface area (Å²) in [6.07, 6.45) is 3.66. The van der Waals surface area contributed by atoms with Gasteiger partial charge in [0.05, 0.1) is 5.92 Å². The van der Waals surface area contributed by atoms with Crippen molar-refractivity contribution in [2.75, 3.05) is 13.1 Å². The molecule has 26 heavy (non-hydrogen) atoms. The van der Waals surface area contributed by atoms with Crippen molar-refractivity contribution in [1.82, 2.24) is 10.2 Å². The Bertz CT molecular complexity index is 764. The largest absolute Gasteiger partial charge is 0.355 e. The molecule has 0 spiro atoms. The van der Waals surface area contributed by atoms with Crippen LogP contribution in [0.1, 0.15) is 36.4 Å². The molecular formula is C22H25FN2O. The predicted octanol–water partition coefficient (Wildman–Crippen LogP) is 3.71. The standard InChI is InChI=1S/C22H25FN2O/c23-19-10-5-4-7-16(19)12-13-24-22(26)18-15-21(17-8-2-1-3-9-17)25-14-6-11-20(18)25/h1-5,7-10,18,20-21H,6,11-15H2,(H,24,26)/t18-,20+,21-/m0/s1. The average molecular weight is 352 g/mol. The molecule has 2 saturated heterocycles. The van der Waals surface area contributed by atoms with Gasteiger partial charge in [-0.2, -0.15) is 0 Å². The van der Waals surface area contributed by atoms with Gasteiger partial charge in [0, 0.05) is 18.6 Å². The Morgan fingerprint density at radius 2 is 1.88 bits per heavy atom. The molecule has 0 unspecified atom stereocenters. The van der Waals surface area contributed by atoms with Crippen LogP contribution in [0, 0.1) is 11.7 Å². The third-order valence-corrected chi connectivity index (χ3v) is 5.86. The molecule has 3 atom stereocenters. The number of amides is 1. The molecule has 136 valence electrons. The highest BCUT2D eigenvalue weighted by atomic mass is 19.1. The Balaban J connectivity index is 1.39. The van der Waals surface area contributed by atoms with Crippen molar-refractivity contribution in [2.45, 2.75) is 37.8 Å². The first-order chi connectivity index (χ1) is 12.7. The summed E-state index contributed by atoms with van der Waals surface area (Å²) in [6.45, 7) is 1.56. The summed E-state index contributed by atoms with van der Waals surface area (Å²) in [6, 6.07) is 18.0. The monoisotopic (exact) mass is 352 g/mol. The van der Waals surface area contributed by atoms with E-state index in [-0.39, 0.29) is 17.6 Å². The second kappa shape index (κ2) is 7.58. The van der Waals surface area contributed by atoms with Gasteiger partial charge >= 0.3 is 0 Å². The topological polar surface area (TPSA) is 32.3 Å². The molecule has 0 radical (unpaired) electrons. The van der Waals surface area contributed by atoms with Gasteiger partial charge < -0.3 is 5.32 Å². The van der Waals surface area contributed by atoms with Crippen LogP contribution >= 0.6 is 0 Å². The van der Waals surface area contributed by atoms with Crippen LogP contribution in [0.4, 0.5) is 4.39 Å². The van der Waals surface area contributed by atoms with E-state index < -0.39 is 0 Å². The Morgan fingerprint density at radius 3 is 2.69 bits per heavy atom. The predicted molar refractivity (Wildman–Crippen MR) is 100 cm³/mol. The van der Waals surface area contributed by atoms with Crippen LogP contribution in [0.3, 0.4) is 0 Å². The minimum absolute atomic E-state index is 0.0309. The fourth-order valence-corrected chi connectivity index (χ4v) is 4.60. The first-order valence-corrected chi connectivity index (χ1v) is 9.56. The third kappa shape index (κ3) is 3.38. The van der Waals surface area contributed by atoms with E-state index in [1.165, 1.54) is 11.6 Å². The van der Waals surface area contributed by atoms with E-state index in [9.17, 15) is 9.18 Å². The smallest absolute Gasteiger partial charge is 0.224 e. The normalized spacial score (nSPS) is 25.2. The van der Waals surface area contributed by atoms with Crippen molar-refractivity contribution in [3.63, 3.8) is 0 Å². The first kappa shape index (κ1) is 17.2. The maximum atomic E-state index is 13.7. The summed E-state index contributed by atoms with van der Waals surface area (Å²) in [5.74, 6) is -0.0475. The Labute approximate surface area is 154 Å². The maximum Gasteiger partial charge on any atom is 0.224 e. The van der Waals surface area contributed by atoms with Gasteiger partial charge in [-0.1, -0.05) is 48.5 Å². The Hall–Kier alpha value is -2.20. The number of carbonyl (C=O) groups is 1. The molecule has 2 aromatic carbocycles. The number of nitrogens with zero attached hydrogens (tertiary/aromatic N) is 1. The molecule has 2 aromatic rings. The van der Waals surface area contributed by atoms with Crippen molar-refractivity contribution in [3.8, 4) is 0 Å². The molecule has 1 amide bonds. The van der Waals surface area contributed by atoms with Crippen LogP contribution in [0.25, 0.3) is 0 Å². The van der Waals surface area contributed by atoms with Gasteiger partial charge in [-0.3, -0.25) is 9.69 Å². The molecule has 0 saturated carbocycles. The zero-order valence-electron chi connectivity index (χ0n) is 14.9. The SMILES string of the molecule is O=C(NCCc1ccccc1F)[C@H]1C[C@@H](c2ccccc2)N2CCC[C@H]12. The van der Waals surface area contributed by atoms with Crippen molar-refractivity contribution < 1.29 is 9.18 Å². The van der Waals surface area contributed by atoms with E-state index in [4.69, 9.17) is 0 Å². The molecule has 2 fully saturated rings. The Morgan fingerprint density at radius 1 is 1.12 bits per heavy atom. The lowest BCUT2D eigenvalue weighted by molar-refractivity contribution is -0.125. The van der Waals surface area contributed by atoms with Gasteiger partial charge in [0.1, 0.15) is 5.82 Å². The molecule has 4 heteroatoms. The number of hydrogen-bond acceptors (Lipinski definition) is 2. The summed E-state index contributed by atoms with van der Waals surface area (Å²) < 4.78 is 13.7. The molecule has 2 heterocycles. The first-order valence-electron chi connectivity index (χ1n) is 9.56. The van der Waals surface area contributed by atoms with Gasteiger partial charge in [0.2, 0.25) is 5.91 Å². The summed E-state index contributed by atoms with van der Waals surface area (Å²) >= 11 is 0. The number of nitrogens with one attached hydrogen (secondary N) is 1. The van der Waals surface area contributed by atoms with Crippen LogP contribution < -0.4 is 5.32 Å². The second-order valence-electron chi connectivity index (χ2n) is 7.35. The van der Waals surface area contributed by atoms with Crippen LogP contribution in [-0.4, -0.2) is 29.9 Å². The average Bonchev–Trinajstić information content (AvgIpc) is 3.26. The number of hydrogen-bond donors (Lipinski definition) is 1. The van der Waals surface area contributed by atoms with Gasteiger partial charge in [-0.25, -0.2) is 4.39 Å². The molecule has 0 bridgehead atoms. The van der Waals surface area contributed by atoms with Crippen LogP contribution in [0.5, 0.6) is 0 Å². The van der Waals surface area contributed by atoms with Crippen molar-refractivity contribution in [3.05, 3.63) is 71.5 Å². The molecule has 1 N–H and O–H groups in total. The van der Waals surface area contributed by atoms with Gasteiger partial charge in [-0.05, 0) is 49.4 Å². The van der Waals surface area contributed by atoms with E-state index in [1.807, 2.05) is 12.1 Å². The van der Waals surface area contributed by atoms with Crippen molar-refractivity contribution in [1.29, 1.82) is 0 Å². The van der Waals surface area contributed by atoms with E-state index >= 15 is 0 Å². The molecule has 0 aliphatic carbocycles. The number of rotatable bonds is 5. The van der Waals surface area contributed by atoms with Crippen LogP contribution in [-0.2, 0) is 11.2 Å². The number of halogens is 1. The number of fused-ring (bicyclic) bond motifs is 1. The van der Waals surface area contributed by atoms with Gasteiger partial charge in [0.15, 0.2) is 0 Å². The highest BCUT2D eigenvalue weighted by Crippen LogP contribution is 2.44. The van der Waals surface area contributed by atoms with Crippen molar-refractivity contribution in [2.24, 2.45) is 5.92 Å². The zero-order chi connectivity index (χ0) is 17.9. The molecule has 0 aromatic heterocycles. The summed E-state index contributed by atoms with van der Waals surface area (Å²) in [5.41, 5.74) is 1.96. The van der Waals surface area contributed by atoms with Crippen LogP contribution in [0.2, 0.25) is 0 Å². The molecule has 2 aliphatic heterocycles. The lowest BCUT2D eigenvalue weighted by atomic mass is 9.93. The number of carbonyl (C=O) groups excluding carboxylic acids is 1. The summed E-state index contributed by atoms with van der Waals surface area (Å²) in [4.78, 5) is 15.3. The molecular weight excluding hydrogens is 327 g/mol. The zero-order valence-corrected chi connectivity index (χ0v) is 14.9. The second-order valence-corrected chi connectivity index (χ2v) is 7.35. The highest BCUT2D eigenvalue weighted by Gasteiger charge is 2.46. The number of benzene rings is 2. The maximum absolute atomic E-state index is 13.7. The lowest BCUT2D eigenvalue weighted by Crippen LogP contribution is -2.38. The minimum Gasteiger partial charge on any atom is -0.355 e. The quantitative estimate of drug-likeness (QED) is 0.890. The van der Waals surface area contributed by atoms with Crippen LogP contribution in [0.15, 0.2) is 54.6 Å². The summed E-state index contributed by atoms with van der Waals surface area (Å²) in [7, 11) is 0. The van der Waals surface area contributed by atoms with Gasteiger partial charge in [-0.15, -0.1) is 0 Å². The fraction of sp³-hybridized carbons (Fsp3) is 0.409. The third-order valence-electron chi connectivity index (χ3n) is 5.86. The fourth-order valence-electron chi connectivity index (χ4n) is 4.60. The molecule has 2 aliphatic rings. The minimum atomic E-state index is -0.200. The van der Waals surface area contributed by atoms with E-state index in [2.05, 4.69) is 34.5 Å². The van der Waals surface area contributed by atoms with E-state index in [0.717, 1.165) is 25.8 Å². The highest BCUT2D eigenvalue weighted by molar-refractivity contribution is 5.80. The van der Waals surface area contributed by atoms with Crippen molar-refractivity contribution >= 4 is 5.91 Å². The summed E-state index contributed by atoms with van der Waals surface area (Å²) in [5, 5.41) is 3.05. The lowest BCUT2D eigenvalue weighted by Gasteiger charge is -2.24. The van der Waals surface area contributed by atoms with E-state index in [1.54, 1.807) is 12.1 Å². The van der Waals surface area contributed by atoms with Gasteiger partial charge in [0.25, 0.3) is 0 Å². The molecule has 4 rings (SSSR count). The Kier molecular flexibility index (Phi) is 5.02. The van der Waals surface area contributed by atoms with E-state index in [0.29, 0.717) is 30.6 Å².